The molecule has 0 aliphatic heterocycles. The Balaban J connectivity index is 2.19. The van der Waals surface area contributed by atoms with E-state index in [-0.39, 0.29) is 0 Å². The van der Waals surface area contributed by atoms with Gasteiger partial charge in [0, 0.05) is 5.38 Å². The van der Waals surface area contributed by atoms with Crippen molar-refractivity contribution in [3.8, 4) is 0 Å². The van der Waals surface area contributed by atoms with Crippen molar-refractivity contribution in [2.45, 2.75) is 6.04 Å². The Morgan fingerprint density at radius 2 is 1.89 bits per heavy atom. The summed E-state index contributed by atoms with van der Waals surface area (Å²) in [5.41, 5.74) is 6.16. The Labute approximate surface area is 113 Å². The number of thiophene rings is 1. The highest BCUT2D eigenvalue weighted by molar-refractivity contribution is 7.08. The zero-order valence-electron chi connectivity index (χ0n) is 9.80. The molecule has 0 unspecified atom stereocenters. The molecule has 0 fully saturated rings. The van der Waals surface area contributed by atoms with Crippen LogP contribution in [0.2, 0.25) is 0 Å². The Morgan fingerprint density at radius 1 is 1.21 bits per heavy atom. The third kappa shape index (κ3) is 3.17. The van der Waals surface area contributed by atoms with Crippen molar-refractivity contribution < 1.29 is 14.0 Å². The van der Waals surface area contributed by atoms with Gasteiger partial charge in [-0.25, -0.2) is 4.39 Å². The molecule has 1 aromatic carbocycles. The van der Waals surface area contributed by atoms with Crippen molar-refractivity contribution in [2.24, 2.45) is 5.73 Å². The van der Waals surface area contributed by atoms with Crippen LogP contribution in [0, 0.1) is 5.82 Å². The molecular formula is C13H11FN2O2S. The number of amides is 2. The molecule has 1 aromatic heterocycles. The van der Waals surface area contributed by atoms with Gasteiger partial charge in [-0.2, -0.15) is 11.3 Å². The Kier molecular flexibility index (Phi) is 3.91. The summed E-state index contributed by atoms with van der Waals surface area (Å²) < 4.78 is 12.8. The molecule has 2 amide bonds. The molecule has 0 spiro atoms. The number of hydrogen-bond acceptors (Lipinski definition) is 3. The zero-order chi connectivity index (χ0) is 13.8. The van der Waals surface area contributed by atoms with Crippen LogP contribution in [0.3, 0.4) is 0 Å². The standard InChI is InChI=1S/C13H11FN2O2S/c14-10-3-1-8(2-4-10)11(12(15)17)16-13(18)9-5-6-19-7-9/h1-7,11H,(H2,15,17)(H,16,18)/t11-/m1/s1. The summed E-state index contributed by atoms with van der Waals surface area (Å²) >= 11 is 1.37. The van der Waals surface area contributed by atoms with Gasteiger partial charge >= 0.3 is 0 Å². The molecule has 0 aliphatic carbocycles. The maximum atomic E-state index is 12.8. The number of rotatable bonds is 4. The number of nitrogens with one attached hydrogen (secondary N) is 1. The van der Waals surface area contributed by atoms with Crippen molar-refractivity contribution in [3.05, 3.63) is 58.0 Å². The lowest BCUT2D eigenvalue weighted by Gasteiger charge is -2.15. The van der Waals surface area contributed by atoms with Crippen LogP contribution in [-0.2, 0) is 4.79 Å². The third-order valence-corrected chi connectivity index (χ3v) is 3.23. The van der Waals surface area contributed by atoms with Crippen molar-refractivity contribution in [1.29, 1.82) is 0 Å². The van der Waals surface area contributed by atoms with E-state index < -0.39 is 23.7 Å². The van der Waals surface area contributed by atoms with Crippen LogP contribution in [0.1, 0.15) is 22.0 Å². The van der Waals surface area contributed by atoms with Crippen LogP contribution in [0.4, 0.5) is 4.39 Å². The molecule has 98 valence electrons. The number of carbonyl (C=O) groups excluding carboxylic acids is 2. The Morgan fingerprint density at radius 3 is 2.42 bits per heavy atom. The van der Waals surface area contributed by atoms with Gasteiger partial charge in [-0.15, -0.1) is 0 Å². The van der Waals surface area contributed by atoms with Crippen molar-refractivity contribution in [2.75, 3.05) is 0 Å². The molecule has 0 bridgehead atoms. The van der Waals surface area contributed by atoms with Gasteiger partial charge in [0.2, 0.25) is 5.91 Å². The summed E-state index contributed by atoms with van der Waals surface area (Å²) in [4.78, 5) is 23.3. The molecule has 2 rings (SSSR count). The predicted octanol–water partition coefficient (Wildman–Crippen LogP) is 1.84. The average molecular weight is 278 g/mol. The maximum Gasteiger partial charge on any atom is 0.253 e. The number of carbonyl (C=O) groups is 2. The number of primary amides is 1. The van der Waals surface area contributed by atoms with E-state index in [1.165, 1.54) is 35.6 Å². The summed E-state index contributed by atoms with van der Waals surface area (Å²) in [6.45, 7) is 0. The van der Waals surface area contributed by atoms with E-state index in [1.54, 1.807) is 16.8 Å². The average Bonchev–Trinajstić information content (AvgIpc) is 2.90. The molecule has 0 saturated heterocycles. The lowest BCUT2D eigenvalue weighted by atomic mass is 10.1. The largest absolute Gasteiger partial charge is 0.368 e. The first-order chi connectivity index (χ1) is 9.08. The van der Waals surface area contributed by atoms with Gasteiger partial charge in [-0.05, 0) is 29.1 Å². The minimum Gasteiger partial charge on any atom is -0.368 e. The third-order valence-electron chi connectivity index (χ3n) is 2.55. The van der Waals surface area contributed by atoms with E-state index >= 15 is 0 Å². The lowest BCUT2D eigenvalue weighted by molar-refractivity contribution is -0.120. The summed E-state index contributed by atoms with van der Waals surface area (Å²) in [6, 6.07) is 5.91. The number of benzene rings is 1. The highest BCUT2D eigenvalue weighted by Crippen LogP contribution is 2.15. The highest BCUT2D eigenvalue weighted by atomic mass is 32.1. The molecule has 1 atom stereocenters. The van der Waals surface area contributed by atoms with Gasteiger partial charge in [0.15, 0.2) is 0 Å². The molecule has 2 aromatic rings. The fraction of sp³-hybridized carbons (Fsp3) is 0.0769. The second kappa shape index (κ2) is 5.62. The molecule has 1 heterocycles. The SMILES string of the molecule is NC(=O)[C@H](NC(=O)c1ccsc1)c1ccc(F)cc1. The van der Waals surface area contributed by atoms with Gasteiger partial charge in [0.05, 0.1) is 5.56 Å². The normalized spacial score (nSPS) is 11.8. The first-order valence-corrected chi connectivity index (χ1v) is 6.40. The molecular weight excluding hydrogens is 267 g/mol. The van der Waals surface area contributed by atoms with Crippen LogP contribution < -0.4 is 11.1 Å². The smallest absolute Gasteiger partial charge is 0.253 e. The minimum atomic E-state index is -0.979. The van der Waals surface area contributed by atoms with Crippen LogP contribution in [0.5, 0.6) is 0 Å². The molecule has 4 nitrogen and oxygen atoms in total. The number of hydrogen-bond donors (Lipinski definition) is 2. The molecule has 0 radical (unpaired) electrons. The van der Waals surface area contributed by atoms with Crippen molar-refractivity contribution in [3.63, 3.8) is 0 Å². The van der Waals surface area contributed by atoms with E-state index in [2.05, 4.69) is 5.32 Å². The van der Waals surface area contributed by atoms with Crippen LogP contribution in [0.15, 0.2) is 41.1 Å². The maximum absolute atomic E-state index is 12.8. The Hall–Kier alpha value is -2.21. The van der Waals surface area contributed by atoms with E-state index in [4.69, 9.17) is 5.73 Å². The second-order valence-corrected chi connectivity index (χ2v) is 4.65. The first kappa shape index (κ1) is 13.2. The van der Waals surface area contributed by atoms with Gasteiger partial charge < -0.3 is 11.1 Å². The predicted molar refractivity (Wildman–Crippen MR) is 70.1 cm³/mol. The zero-order valence-corrected chi connectivity index (χ0v) is 10.6. The van der Waals surface area contributed by atoms with Crippen LogP contribution >= 0.6 is 11.3 Å². The quantitative estimate of drug-likeness (QED) is 0.895. The monoisotopic (exact) mass is 278 g/mol. The summed E-state index contributed by atoms with van der Waals surface area (Å²) in [5, 5.41) is 5.95. The Bertz CT molecular complexity index is 581. The fourth-order valence-corrected chi connectivity index (χ4v) is 2.22. The molecule has 3 N–H and O–H groups in total. The van der Waals surface area contributed by atoms with Crippen molar-refractivity contribution >= 4 is 23.2 Å². The van der Waals surface area contributed by atoms with E-state index in [0.29, 0.717) is 11.1 Å². The van der Waals surface area contributed by atoms with E-state index in [0.717, 1.165) is 0 Å². The topological polar surface area (TPSA) is 72.2 Å². The number of nitrogens with two attached hydrogens (primary N) is 1. The molecule has 19 heavy (non-hydrogen) atoms. The van der Waals surface area contributed by atoms with Gasteiger partial charge in [-0.3, -0.25) is 9.59 Å². The highest BCUT2D eigenvalue weighted by Gasteiger charge is 2.21. The van der Waals surface area contributed by atoms with Crippen LogP contribution in [0.25, 0.3) is 0 Å². The van der Waals surface area contributed by atoms with E-state index in [9.17, 15) is 14.0 Å². The summed E-state index contributed by atoms with van der Waals surface area (Å²) in [6.07, 6.45) is 0. The summed E-state index contributed by atoms with van der Waals surface area (Å²) in [5.74, 6) is -1.51. The lowest BCUT2D eigenvalue weighted by Crippen LogP contribution is -2.37. The van der Waals surface area contributed by atoms with Crippen molar-refractivity contribution in [1.82, 2.24) is 5.32 Å². The van der Waals surface area contributed by atoms with Gasteiger partial charge in [-0.1, -0.05) is 12.1 Å². The fourth-order valence-electron chi connectivity index (χ4n) is 1.58. The molecule has 6 heteroatoms. The first-order valence-electron chi connectivity index (χ1n) is 5.46. The second-order valence-electron chi connectivity index (χ2n) is 3.87. The van der Waals surface area contributed by atoms with Gasteiger partial charge in [0.1, 0.15) is 11.9 Å². The molecule has 0 aliphatic rings. The van der Waals surface area contributed by atoms with Gasteiger partial charge in [0.25, 0.3) is 5.91 Å². The van der Waals surface area contributed by atoms with E-state index in [1.807, 2.05) is 0 Å². The molecule has 0 saturated carbocycles. The summed E-state index contributed by atoms with van der Waals surface area (Å²) in [7, 11) is 0. The number of halogens is 1. The van der Waals surface area contributed by atoms with Crippen LogP contribution in [-0.4, -0.2) is 11.8 Å². The minimum absolute atomic E-state index is 0.394.